The molecule has 0 aliphatic rings. The van der Waals surface area contributed by atoms with Crippen molar-refractivity contribution in [1.82, 2.24) is 9.55 Å². The first-order valence-corrected chi connectivity index (χ1v) is 8.57. The van der Waals surface area contributed by atoms with Crippen LogP contribution in [0.5, 0.6) is 5.75 Å². The second-order valence-corrected chi connectivity index (χ2v) is 6.59. The third-order valence-corrected chi connectivity index (χ3v) is 4.73. The van der Waals surface area contributed by atoms with Crippen molar-refractivity contribution in [3.8, 4) is 5.75 Å². The van der Waals surface area contributed by atoms with Crippen LogP contribution in [0.2, 0.25) is 0 Å². The van der Waals surface area contributed by atoms with Crippen molar-refractivity contribution < 1.29 is 13.9 Å². The Morgan fingerprint density at radius 2 is 2.08 bits per heavy atom. The minimum absolute atomic E-state index is 0.230. The number of rotatable bonds is 3. The number of thiophene rings is 1. The molecule has 8 heteroatoms. The lowest BCUT2D eigenvalue weighted by molar-refractivity contribution is -0.135. The number of esters is 1. The lowest BCUT2D eigenvalue weighted by atomic mass is 10.1. The first-order chi connectivity index (χ1) is 12.5. The SMILES string of the molecule is Cc1cc(=O)oc2cc(OC(=O)Cn3cnc4sccc4c3=O)ccc12. The van der Waals surface area contributed by atoms with Crippen LogP contribution in [-0.2, 0) is 11.3 Å². The van der Waals surface area contributed by atoms with Gasteiger partial charge in [0.1, 0.15) is 22.7 Å². The maximum Gasteiger partial charge on any atom is 0.336 e. The van der Waals surface area contributed by atoms with Gasteiger partial charge in [-0.15, -0.1) is 11.3 Å². The van der Waals surface area contributed by atoms with Gasteiger partial charge in [-0.05, 0) is 36.1 Å². The van der Waals surface area contributed by atoms with Crippen molar-refractivity contribution in [3.05, 3.63) is 68.4 Å². The van der Waals surface area contributed by atoms with E-state index in [2.05, 4.69) is 4.98 Å². The van der Waals surface area contributed by atoms with E-state index in [1.807, 2.05) is 0 Å². The molecular formula is C18H12N2O5S. The van der Waals surface area contributed by atoms with Gasteiger partial charge < -0.3 is 9.15 Å². The summed E-state index contributed by atoms with van der Waals surface area (Å²) in [7, 11) is 0. The van der Waals surface area contributed by atoms with E-state index < -0.39 is 11.6 Å². The van der Waals surface area contributed by atoms with Crippen LogP contribution in [0.15, 0.2) is 56.0 Å². The number of hydrogen-bond acceptors (Lipinski definition) is 7. The molecule has 3 heterocycles. The van der Waals surface area contributed by atoms with E-state index in [1.54, 1.807) is 30.5 Å². The molecular weight excluding hydrogens is 356 g/mol. The van der Waals surface area contributed by atoms with Crippen LogP contribution >= 0.6 is 11.3 Å². The highest BCUT2D eigenvalue weighted by Crippen LogP contribution is 2.22. The van der Waals surface area contributed by atoms with Gasteiger partial charge in [0.2, 0.25) is 0 Å². The molecule has 26 heavy (non-hydrogen) atoms. The number of carbonyl (C=O) groups is 1. The molecule has 7 nitrogen and oxygen atoms in total. The molecule has 0 atom stereocenters. The number of fused-ring (bicyclic) bond motifs is 2. The fraction of sp³-hybridized carbons (Fsp3) is 0.111. The van der Waals surface area contributed by atoms with Gasteiger partial charge in [-0.25, -0.2) is 14.6 Å². The zero-order valence-electron chi connectivity index (χ0n) is 13.6. The Labute approximate surface area is 150 Å². The fourth-order valence-electron chi connectivity index (χ4n) is 2.68. The van der Waals surface area contributed by atoms with E-state index in [9.17, 15) is 14.4 Å². The Morgan fingerprint density at radius 3 is 2.92 bits per heavy atom. The Kier molecular flexibility index (Phi) is 3.89. The highest BCUT2D eigenvalue weighted by atomic mass is 32.1. The molecule has 0 radical (unpaired) electrons. The average molecular weight is 368 g/mol. The summed E-state index contributed by atoms with van der Waals surface area (Å²) in [4.78, 5) is 40.7. The van der Waals surface area contributed by atoms with E-state index in [4.69, 9.17) is 9.15 Å². The summed E-state index contributed by atoms with van der Waals surface area (Å²) in [6.07, 6.45) is 1.32. The van der Waals surface area contributed by atoms with Crippen LogP contribution in [-0.4, -0.2) is 15.5 Å². The molecule has 0 aliphatic carbocycles. The number of ether oxygens (including phenoxy) is 1. The molecule has 0 N–H and O–H groups in total. The standard InChI is InChI=1S/C18H12N2O5S/c1-10-6-15(21)25-14-7-11(2-3-12(10)14)24-16(22)8-20-9-19-17-13(18(20)23)4-5-26-17/h2-7,9H,8H2,1H3. The molecule has 0 unspecified atom stereocenters. The van der Waals surface area contributed by atoms with Gasteiger partial charge in [-0.2, -0.15) is 0 Å². The van der Waals surface area contributed by atoms with Gasteiger partial charge in [0, 0.05) is 17.5 Å². The molecule has 0 spiro atoms. The lowest BCUT2D eigenvalue weighted by Crippen LogP contribution is -2.26. The molecule has 4 aromatic rings. The van der Waals surface area contributed by atoms with Gasteiger partial charge in [-0.1, -0.05) is 0 Å². The number of benzene rings is 1. The third kappa shape index (κ3) is 2.91. The molecule has 0 saturated carbocycles. The van der Waals surface area contributed by atoms with Gasteiger partial charge in [-0.3, -0.25) is 9.36 Å². The van der Waals surface area contributed by atoms with E-state index in [-0.39, 0.29) is 17.9 Å². The Morgan fingerprint density at radius 1 is 1.23 bits per heavy atom. The monoisotopic (exact) mass is 368 g/mol. The average Bonchev–Trinajstić information content (AvgIpc) is 3.06. The third-order valence-electron chi connectivity index (χ3n) is 3.90. The van der Waals surface area contributed by atoms with E-state index in [1.165, 1.54) is 34.4 Å². The van der Waals surface area contributed by atoms with E-state index >= 15 is 0 Å². The Balaban J connectivity index is 1.59. The summed E-state index contributed by atoms with van der Waals surface area (Å²) in [5.74, 6) is -0.397. The molecule has 1 aromatic carbocycles. The summed E-state index contributed by atoms with van der Waals surface area (Å²) in [5.41, 5.74) is 0.336. The van der Waals surface area contributed by atoms with Crippen molar-refractivity contribution >= 4 is 38.5 Å². The number of carbonyl (C=O) groups excluding carboxylic acids is 1. The summed E-state index contributed by atoms with van der Waals surface area (Å²) in [6.45, 7) is 1.53. The maximum absolute atomic E-state index is 12.3. The quantitative estimate of drug-likeness (QED) is 0.313. The highest BCUT2D eigenvalue weighted by molar-refractivity contribution is 7.16. The number of aryl methyl sites for hydroxylation is 1. The van der Waals surface area contributed by atoms with Gasteiger partial charge in [0.05, 0.1) is 11.7 Å². The predicted octanol–water partition coefficient (Wildman–Crippen LogP) is 2.48. The second-order valence-electron chi connectivity index (χ2n) is 5.70. The fourth-order valence-corrected chi connectivity index (χ4v) is 3.40. The van der Waals surface area contributed by atoms with Crippen LogP contribution in [0.4, 0.5) is 0 Å². The largest absolute Gasteiger partial charge is 0.425 e. The minimum atomic E-state index is -0.627. The number of nitrogens with zero attached hydrogens (tertiary/aromatic N) is 2. The molecule has 0 bridgehead atoms. The number of hydrogen-bond donors (Lipinski definition) is 0. The van der Waals surface area contributed by atoms with Gasteiger partial charge in [0.25, 0.3) is 5.56 Å². The molecule has 130 valence electrons. The van der Waals surface area contributed by atoms with Crippen molar-refractivity contribution in [1.29, 1.82) is 0 Å². The van der Waals surface area contributed by atoms with E-state index in [0.29, 0.717) is 15.8 Å². The second kappa shape index (κ2) is 6.23. The smallest absolute Gasteiger partial charge is 0.336 e. The first kappa shape index (κ1) is 16.2. The summed E-state index contributed by atoms with van der Waals surface area (Å²) >= 11 is 1.36. The van der Waals surface area contributed by atoms with Crippen LogP contribution in [0.25, 0.3) is 21.2 Å². The zero-order valence-corrected chi connectivity index (χ0v) is 14.4. The number of aromatic nitrogens is 2. The Hall–Kier alpha value is -3.26. The minimum Gasteiger partial charge on any atom is -0.425 e. The first-order valence-electron chi connectivity index (χ1n) is 7.69. The normalized spacial score (nSPS) is 11.1. The van der Waals surface area contributed by atoms with Crippen molar-refractivity contribution in [2.75, 3.05) is 0 Å². The molecule has 0 aliphatic heterocycles. The summed E-state index contributed by atoms with van der Waals surface area (Å²) in [5, 5.41) is 2.99. The van der Waals surface area contributed by atoms with Crippen LogP contribution in [0.1, 0.15) is 5.56 Å². The van der Waals surface area contributed by atoms with Crippen molar-refractivity contribution in [3.63, 3.8) is 0 Å². The predicted molar refractivity (Wildman–Crippen MR) is 96.7 cm³/mol. The molecule has 0 fully saturated rings. The van der Waals surface area contributed by atoms with Crippen molar-refractivity contribution in [2.24, 2.45) is 0 Å². The van der Waals surface area contributed by atoms with Crippen LogP contribution in [0.3, 0.4) is 0 Å². The topological polar surface area (TPSA) is 91.4 Å². The molecule has 4 rings (SSSR count). The van der Waals surface area contributed by atoms with Crippen LogP contribution in [0, 0.1) is 6.92 Å². The lowest BCUT2D eigenvalue weighted by Gasteiger charge is -2.07. The maximum atomic E-state index is 12.3. The zero-order chi connectivity index (χ0) is 18.3. The summed E-state index contributed by atoms with van der Waals surface area (Å²) in [6, 6.07) is 7.86. The van der Waals surface area contributed by atoms with Crippen molar-refractivity contribution in [2.45, 2.75) is 13.5 Å². The molecule has 0 saturated heterocycles. The summed E-state index contributed by atoms with van der Waals surface area (Å²) < 4.78 is 11.6. The molecule has 0 amide bonds. The van der Waals surface area contributed by atoms with Gasteiger partial charge >= 0.3 is 11.6 Å². The van der Waals surface area contributed by atoms with Gasteiger partial charge in [0.15, 0.2) is 0 Å². The van der Waals surface area contributed by atoms with E-state index in [0.717, 1.165) is 10.9 Å². The Bertz CT molecular complexity index is 1270. The highest BCUT2D eigenvalue weighted by Gasteiger charge is 2.12. The van der Waals surface area contributed by atoms with Crippen LogP contribution < -0.4 is 15.9 Å². The molecule has 3 aromatic heterocycles.